The number of carboxylic acid groups (broad SMARTS) is 1. The van der Waals surface area contributed by atoms with Crippen LogP contribution in [-0.2, 0) is 9.53 Å². The minimum absolute atomic E-state index is 0.197. The van der Waals surface area contributed by atoms with Gasteiger partial charge in [0, 0.05) is 5.02 Å². The molecule has 0 aliphatic rings. The van der Waals surface area contributed by atoms with Crippen LogP contribution in [0.4, 0.5) is 0 Å². The molecule has 6 heteroatoms. The Morgan fingerprint density at radius 3 is 2.52 bits per heavy atom. The highest BCUT2D eigenvalue weighted by Gasteiger charge is 2.25. The lowest BCUT2D eigenvalue weighted by Gasteiger charge is -2.15. The fourth-order valence-electron chi connectivity index (χ4n) is 2.04. The van der Waals surface area contributed by atoms with Gasteiger partial charge in [0.2, 0.25) is 4.38 Å². The number of benzene rings is 2. The van der Waals surface area contributed by atoms with Gasteiger partial charge in [-0.15, -0.1) is 0 Å². The van der Waals surface area contributed by atoms with Crippen molar-refractivity contribution in [2.45, 2.75) is 12.2 Å². The average Bonchev–Trinajstić information content (AvgIpc) is 2.54. The van der Waals surface area contributed by atoms with Gasteiger partial charge in [-0.05, 0) is 41.9 Å². The summed E-state index contributed by atoms with van der Waals surface area (Å²) in [6, 6.07) is 15.1. The van der Waals surface area contributed by atoms with E-state index in [1.807, 2.05) is 36.4 Å². The van der Waals surface area contributed by atoms with Crippen LogP contribution >= 0.6 is 35.6 Å². The quantitative estimate of drug-likeness (QED) is 0.738. The third-order valence-electron chi connectivity index (χ3n) is 3.09. The molecule has 2 rings (SSSR count). The fraction of sp³-hybridized carbons (Fsp3) is 0.176. The van der Waals surface area contributed by atoms with E-state index in [1.54, 1.807) is 19.1 Å². The lowest BCUT2D eigenvalue weighted by molar-refractivity contribution is -0.136. The molecule has 0 saturated carbocycles. The number of halogens is 1. The molecule has 0 aromatic heterocycles. The van der Waals surface area contributed by atoms with E-state index in [9.17, 15) is 9.90 Å². The van der Waals surface area contributed by atoms with Crippen LogP contribution in [0.5, 0.6) is 0 Å². The standard InChI is InChI=1S/C17H15ClO3S2/c1-2-21-17(22)23-15(16(19)20)13-9-8-12(10-14(13)18)11-6-4-3-5-7-11/h3-10,15H,2H2,1H3,(H,19,20). The third kappa shape index (κ3) is 4.70. The first-order valence-electron chi connectivity index (χ1n) is 6.94. The van der Waals surface area contributed by atoms with Crippen molar-refractivity contribution in [2.75, 3.05) is 6.61 Å². The summed E-state index contributed by atoms with van der Waals surface area (Å²) in [4.78, 5) is 11.6. The molecule has 2 aromatic rings. The Labute approximate surface area is 149 Å². The molecular weight excluding hydrogens is 352 g/mol. The Bertz CT molecular complexity index is 704. The number of thiocarbonyl (C=S) groups is 1. The molecule has 0 spiro atoms. The zero-order valence-electron chi connectivity index (χ0n) is 12.4. The summed E-state index contributed by atoms with van der Waals surface area (Å²) in [5.74, 6) is -1.01. The van der Waals surface area contributed by atoms with Crippen LogP contribution in [0.3, 0.4) is 0 Å². The first-order valence-corrected chi connectivity index (χ1v) is 8.60. The summed E-state index contributed by atoms with van der Waals surface area (Å²) in [5.41, 5.74) is 2.46. The van der Waals surface area contributed by atoms with Gasteiger partial charge in [0.15, 0.2) is 0 Å². The van der Waals surface area contributed by atoms with Crippen LogP contribution in [0.25, 0.3) is 11.1 Å². The number of thioether (sulfide) groups is 1. The lowest BCUT2D eigenvalue weighted by atomic mass is 10.0. The molecule has 0 fully saturated rings. The van der Waals surface area contributed by atoms with Crippen molar-refractivity contribution in [3.63, 3.8) is 0 Å². The van der Waals surface area contributed by atoms with Gasteiger partial charge in [0.1, 0.15) is 5.25 Å². The van der Waals surface area contributed by atoms with Gasteiger partial charge < -0.3 is 9.84 Å². The molecule has 23 heavy (non-hydrogen) atoms. The highest BCUT2D eigenvalue weighted by atomic mass is 35.5. The van der Waals surface area contributed by atoms with Crippen molar-refractivity contribution >= 4 is 45.9 Å². The highest BCUT2D eigenvalue weighted by molar-refractivity contribution is 8.23. The second-order valence-electron chi connectivity index (χ2n) is 4.62. The Morgan fingerprint density at radius 1 is 1.26 bits per heavy atom. The predicted octanol–water partition coefficient (Wildman–Crippen LogP) is 5.19. The van der Waals surface area contributed by atoms with Gasteiger partial charge >= 0.3 is 5.97 Å². The summed E-state index contributed by atoms with van der Waals surface area (Å²) in [6.07, 6.45) is 0. The van der Waals surface area contributed by atoms with Gasteiger partial charge in [0.25, 0.3) is 0 Å². The summed E-state index contributed by atoms with van der Waals surface area (Å²) in [7, 11) is 0. The highest BCUT2D eigenvalue weighted by Crippen LogP contribution is 2.37. The molecular formula is C17H15ClO3S2. The molecule has 2 aromatic carbocycles. The van der Waals surface area contributed by atoms with E-state index in [2.05, 4.69) is 0 Å². The van der Waals surface area contributed by atoms with Crippen molar-refractivity contribution in [2.24, 2.45) is 0 Å². The minimum Gasteiger partial charge on any atom is -0.480 e. The Kier molecular flexibility index (Phi) is 6.45. The summed E-state index contributed by atoms with van der Waals surface area (Å²) < 4.78 is 5.36. The van der Waals surface area contributed by atoms with Crippen molar-refractivity contribution in [3.05, 3.63) is 59.1 Å². The largest absolute Gasteiger partial charge is 0.480 e. The van der Waals surface area contributed by atoms with E-state index in [0.717, 1.165) is 22.9 Å². The molecule has 120 valence electrons. The first-order chi connectivity index (χ1) is 11.0. The topological polar surface area (TPSA) is 46.5 Å². The van der Waals surface area contributed by atoms with Crippen molar-refractivity contribution in [1.29, 1.82) is 0 Å². The maximum atomic E-state index is 11.6. The van der Waals surface area contributed by atoms with E-state index >= 15 is 0 Å². The Morgan fingerprint density at radius 2 is 1.96 bits per heavy atom. The molecule has 0 aliphatic heterocycles. The number of carbonyl (C=O) groups is 1. The zero-order chi connectivity index (χ0) is 16.8. The van der Waals surface area contributed by atoms with Crippen LogP contribution in [0, 0.1) is 0 Å². The third-order valence-corrected chi connectivity index (χ3v) is 4.83. The summed E-state index contributed by atoms with van der Waals surface area (Å²) in [5, 5.41) is 8.96. The Hall–Kier alpha value is -1.56. The molecule has 3 nitrogen and oxygen atoms in total. The summed E-state index contributed by atoms with van der Waals surface area (Å²) >= 11 is 12.3. The van der Waals surface area contributed by atoms with E-state index in [4.69, 9.17) is 28.6 Å². The van der Waals surface area contributed by atoms with Gasteiger partial charge in [-0.25, -0.2) is 0 Å². The number of rotatable bonds is 5. The molecule has 0 saturated heterocycles. The van der Waals surface area contributed by atoms with Crippen LogP contribution in [0.2, 0.25) is 5.02 Å². The monoisotopic (exact) mass is 366 g/mol. The van der Waals surface area contributed by atoms with Crippen molar-refractivity contribution in [3.8, 4) is 11.1 Å². The molecule has 1 unspecified atom stereocenters. The molecule has 1 N–H and O–H groups in total. The SMILES string of the molecule is CCOC(=S)SC(C(=O)O)c1ccc(-c2ccccc2)cc1Cl. The lowest BCUT2D eigenvalue weighted by Crippen LogP contribution is -2.12. The second kappa shape index (κ2) is 8.34. The minimum atomic E-state index is -1.01. The van der Waals surface area contributed by atoms with E-state index in [-0.39, 0.29) is 4.38 Å². The van der Waals surface area contributed by atoms with Crippen LogP contribution in [0.1, 0.15) is 17.7 Å². The van der Waals surface area contributed by atoms with E-state index in [1.165, 1.54) is 0 Å². The predicted molar refractivity (Wildman–Crippen MR) is 99.1 cm³/mol. The normalized spacial score (nSPS) is 11.7. The van der Waals surface area contributed by atoms with Gasteiger partial charge in [-0.2, -0.15) is 0 Å². The zero-order valence-corrected chi connectivity index (χ0v) is 14.8. The molecule has 0 aliphatic carbocycles. The smallest absolute Gasteiger partial charge is 0.321 e. The number of hydrogen-bond donors (Lipinski definition) is 1. The number of aliphatic carboxylic acids is 1. The van der Waals surface area contributed by atoms with E-state index < -0.39 is 11.2 Å². The molecule has 0 amide bonds. The average molecular weight is 367 g/mol. The number of hydrogen-bond acceptors (Lipinski definition) is 4. The van der Waals surface area contributed by atoms with E-state index in [0.29, 0.717) is 17.2 Å². The number of ether oxygens (including phenoxy) is 1. The fourth-order valence-corrected chi connectivity index (χ4v) is 3.62. The van der Waals surface area contributed by atoms with Crippen molar-refractivity contribution in [1.82, 2.24) is 0 Å². The molecule has 0 bridgehead atoms. The second-order valence-corrected chi connectivity index (χ2v) is 6.74. The molecule has 1 atom stereocenters. The van der Waals surface area contributed by atoms with Gasteiger partial charge in [-0.3, -0.25) is 4.79 Å². The van der Waals surface area contributed by atoms with Gasteiger partial charge in [0.05, 0.1) is 6.61 Å². The molecule has 0 heterocycles. The Balaban J connectivity index is 2.30. The maximum Gasteiger partial charge on any atom is 0.321 e. The molecule has 0 radical (unpaired) electrons. The maximum absolute atomic E-state index is 11.6. The van der Waals surface area contributed by atoms with Crippen LogP contribution in [-0.4, -0.2) is 22.1 Å². The van der Waals surface area contributed by atoms with Crippen LogP contribution in [0.15, 0.2) is 48.5 Å². The first kappa shape index (κ1) is 17.8. The van der Waals surface area contributed by atoms with Crippen LogP contribution < -0.4 is 0 Å². The summed E-state index contributed by atoms with van der Waals surface area (Å²) in [6.45, 7) is 2.20. The van der Waals surface area contributed by atoms with Crippen molar-refractivity contribution < 1.29 is 14.6 Å². The number of carboxylic acids is 1. The van der Waals surface area contributed by atoms with Gasteiger partial charge in [-0.1, -0.05) is 65.8 Å².